The lowest BCUT2D eigenvalue weighted by Crippen LogP contribution is -2.17. The molecule has 0 radical (unpaired) electrons. The van der Waals surface area contributed by atoms with E-state index in [1.165, 1.54) is 11.1 Å². The van der Waals surface area contributed by atoms with Gasteiger partial charge in [0.1, 0.15) is 0 Å². The number of rotatable bonds is 4. The van der Waals surface area contributed by atoms with E-state index >= 15 is 0 Å². The number of hydrogen-bond donors (Lipinski definition) is 1. The van der Waals surface area contributed by atoms with Gasteiger partial charge in [-0.15, -0.1) is 0 Å². The number of halogens is 1. The fraction of sp³-hybridized carbons (Fsp3) is 0.214. The van der Waals surface area contributed by atoms with Crippen molar-refractivity contribution in [2.45, 2.75) is 19.5 Å². The van der Waals surface area contributed by atoms with Crippen molar-refractivity contribution in [3.05, 3.63) is 64.9 Å². The molecule has 0 spiro atoms. The van der Waals surface area contributed by atoms with Gasteiger partial charge >= 0.3 is 0 Å². The lowest BCUT2D eigenvalue weighted by Gasteiger charge is -2.14. The Labute approximate surface area is 107 Å². The maximum absolute atomic E-state index is 5.94. The Balaban J connectivity index is 1.95. The third kappa shape index (κ3) is 3.55. The van der Waals surface area contributed by atoms with Crippen LogP contribution in [-0.4, -0.2) is 4.98 Å². The average molecular weight is 247 g/mol. The van der Waals surface area contributed by atoms with E-state index in [0.29, 0.717) is 6.04 Å². The lowest BCUT2D eigenvalue weighted by molar-refractivity contribution is 0.574. The van der Waals surface area contributed by atoms with Gasteiger partial charge < -0.3 is 5.32 Å². The normalized spacial score (nSPS) is 12.4. The first kappa shape index (κ1) is 12.1. The Kier molecular flexibility index (Phi) is 4.13. The summed E-state index contributed by atoms with van der Waals surface area (Å²) in [6, 6.07) is 12.3. The summed E-state index contributed by atoms with van der Waals surface area (Å²) in [6.45, 7) is 2.95. The van der Waals surface area contributed by atoms with Gasteiger partial charge in [-0.05, 0) is 42.3 Å². The van der Waals surface area contributed by atoms with E-state index in [9.17, 15) is 0 Å². The van der Waals surface area contributed by atoms with Gasteiger partial charge in [-0.3, -0.25) is 4.98 Å². The summed E-state index contributed by atoms with van der Waals surface area (Å²) >= 11 is 5.94. The quantitative estimate of drug-likeness (QED) is 0.892. The summed E-state index contributed by atoms with van der Waals surface area (Å²) in [5.74, 6) is 0. The van der Waals surface area contributed by atoms with Crippen LogP contribution in [0.25, 0.3) is 0 Å². The van der Waals surface area contributed by atoms with Crippen LogP contribution >= 0.6 is 11.6 Å². The highest BCUT2D eigenvalue weighted by atomic mass is 35.5. The van der Waals surface area contributed by atoms with Crippen molar-refractivity contribution >= 4 is 11.6 Å². The highest BCUT2D eigenvalue weighted by molar-refractivity contribution is 6.30. The van der Waals surface area contributed by atoms with Crippen LogP contribution in [0.1, 0.15) is 24.1 Å². The van der Waals surface area contributed by atoms with E-state index in [1.807, 2.05) is 42.7 Å². The molecule has 1 aromatic heterocycles. The second-order valence-electron chi connectivity index (χ2n) is 4.01. The van der Waals surface area contributed by atoms with Crippen molar-refractivity contribution in [2.24, 2.45) is 0 Å². The molecule has 0 unspecified atom stereocenters. The molecule has 0 bridgehead atoms. The minimum absolute atomic E-state index is 0.303. The number of hydrogen-bond acceptors (Lipinski definition) is 2. The van der Waals surface area contributed by atoms with Crippen LogP contribution < -0.4 is 5.32 Å². The maximum Gasteiger partial charge on any atom is 0.0409 e. The lowest BCUT2D eigenvalue weighted by atomic mass is 10.1. The molecule has 0 aliphatic rings. The molecular weight excluding hydrogens is 232 g/mol. The number of aromatic nitrogens is 1. The van der Waals surface area contributed by atoms with Gasteiger partial charge in [-0.25, -0.2) is 0 Å². The number of pyridine rings is 1. The van der Waals surface area contributed by atoms with Crippen LogP contribution in [0.5, 0.6) is 0 Å². The van der Waals surface area contributed by atoms with Gasteiger partial charge in [0.2, 0.25) is 0 Å². The SMILES string of the molecule is C[C@@H](NCc1cccc(Cl)c1)c1ccncc1. The molecule has 3 heteroatoms. The Morgan fingerprint density at radius 3 is 2.71 bits per heavy atom. The molecule has 88 valence electrons. The summed E-state index contributed by atoms with van der Waals surface area (Å²) in [7, 11) is 0. The van der Waals surface area contributed by atoms with E-state index in [1.54, 1.807) is 0 Å². The fourth-order valence-electron chi connectivity index (χ4n) is 1.69. The average Bonchev–Trinajstić information content (AvgIpc) is 2.37. The molecule has 0 fully saturated rings. The number of nitrogens with zero attached hydrogens (tertiary/aromatic N) is 1. The van der Waals surface area contributed by atoms with E-state index in [-0.39, 0.29) is 0 Å². The first-order valence-electron chi connectivity index (χ1n) is 5.63. The van der Waals surface area contributed by atoms with Gasteiger partial charge in [0, 0.05) is 30.0 Å². The van der Waals surface area contributed by atoms with Crippen molar-refractivity contribution in [1.82, 2.24) is 10.3 Å². The monoisotopic (exact) mass is 246 g/mol. The van der Waals surface area contributed by atoms with E-state index in [4.69, 9.17) is 11.6 Å². The molecule has 0 saturated heterocycles. The Bertz CT molecular complexity index is 471. The summed E-state index contributed by atoms with van der Waals surface area (Å²) in [5.41, 5.74) is 2.43. The third-order valence-electron chi connectivity index (χ3n) is 2.71. The predicted octanol–water partition coefficient (Wildman–Crippen LogP) is 3.59. The molecule has 0 aliphatic carbocycles. The summed E-state index contributed by atoms with van der Waals surface area (Å²) in [5, 5.41) is 4.23. The Morgan fingerprint density at radius 2 is 2.00 bits per heavy atom. The zero-order chi connectivity index (χ0) is 12.1. The molecule has 2 aromatic rings. The second-order valence-corrected chi connectivity index (χ2v) is 4.45. The standard InChI is InChI=1S/C14H15ClN2/c1-11(13-5-7-16-8-6-13)17-10-12-3-2-4-14(15)9-12/h2-9,11,17H,10H2,1H3/t11-/m1/s1. The topological polar surface area (TPSA) is 24.9 Å². The molecule has 1 N–H and O–H groups in total. The van der Waals surface area contributed by atoms with Gasteiger partial charge in [0.15, 0.2) is 0 Å². The van der Waals surface area contributed by atoms with Gasteiger partial charge in [-0.2, -0.15) is 0 Å². The molecule has 0 aliphatic heterocycles. The van der Waals surface area contributed by atoms with Crippen LogP contribution in [0.2, 0.25) is 5.02 Å². The van der Waals surface area contributed by atoms with E-state index in [2.05, 4.69) is 23.3 Å². The highest BCUT2D eigenvalue weighted by Gasteiger charge is 2.03. The first-order chi connectivity index (χ1) is 8.25. The molecular formula is C14H15ClN2. The molecule has 1 heterocycles. The van der Waals surface area contributed by atoms with Crippen molar-refractivity contribution < 1.29 is 0 Å². The van der Waals surface area contributed by atoms with E-state index < -0.39 is 0 Å². The number of nitrogens with one attached hydrogen (secondary N) is 1. The largest absolute Gasteiger partial charge is 0.306 e. The van der Waals surface area contributed by atoms with Crippen molar-refractivity contribution in [3.8, 4) is 0 Å². The van der Waals surface area contributed by atoms with Gasteiger partial charge in [-0.1, -0.05) is 23.7 Å². The summed E-state index contributed by atoms with van der Waals surface area (Å²) < 4.78 is 0. The van der Waals surface area contributed by atoms with E-state index in [0.717, 1.165) is 11.6 Å². The third-order valence-corrected chi connectivity index (χ3v) is 2.94. The molecule has 17 heavy (non-hydrogen) atoms. The van der Waals surface area contributed by atoms with Crippen LogP contribution in [0.3, 0.4) is 0 Å². The molecule has 1 atom stereocenters. The smallest absolute Gasteiger partial charge is 0.0409 e. The van der Waals surface area contributed by atoms with Crippen LogP contribution in [0, 0.1) is 0 Å². The maximum atomic E-state index is 5.94. The molecule has 0 saturated carbocycles. The fourth-order valence-corrected chi connectivity index (χ4v) is 1.90. The highest BCUT2D eigenvalue weighted by Crippen LogP contribution is 2.14. The Morgan fingerprint density at radius 1 is 1.24 bits per heavy atom. The van der Waals surface area contributed by atoms with Crippen molar-refractivity contribution in [3.63, 3.8) is 0 Å². The van der Waals surface area contributed by atoms with Gasteiger partial charge in [0.25, 0.3) is 0 Å². The zero-order valence-corrected chi connectivity index (χ0v) is 10.5. The van der Waals surface area contributed by atoms with Crippen LogP contribution in [0.4, 0.5) is 0 Å². The van der Waals surface area contributed by atoms with Crippen molar-refractivity contribution in [1.29, 1.82) is 0 Å². The molecule has 1 aromatic carbocycles. The van der Waals surface area contributed by atoms with Gasteiger partial charge in [0.05, 0.1) is 0 Å². The first-order valence-corrected chi connectivity index (χ1v) is 6.01. The number of benzene rings is 1. The van der Waals surface area contributed by atoms with Crippen LogP contribution in [-0.2, 0) is 6.54 Å². The minimum Gasteiger partial charge on any atom is -0.306 e. The predicted molar refractivity (Wildman–Crippen MR) is 70.9 cm³/mol. The summed E-state index contributed by atoms with van der Waals surface area (Å²) in [4.78, 5) is 4.01. The molecule has 0 amide bonds. The minimum atomic E-state index is 0.303. The Hall–Kier alpha value is -1.38. The van der Waals surface area contributed by atoms with Crippen LogP contribution in [0.15, 0.2) is 48.8 Å². The second kappa shape index (κ2) is 5.80. The molecule has 2 rings (SSSR count). The summed E-state index contributed by atoms with van der Waals surface area (Å²) in [6.07, 6.45) is 3.62. The molecule has 2 nitrogen and oxygen atoms in total. The zero-order valence-electron chi connectivity index (χ0n) is 9.73. The van der Waals surface area contributed by atoms with Crippen molar-refractivity contribution in [2.75, 3.05) is 0 Å².